The van der Waals surface area contributed by atoms with Gasteiger partial charge < -0.3 is 19.7 Å². The molecule has 114 valence electrons. The number of nitrogens with zero attached hydrogens (tertiary/aromatic N) is 1. The second-order valence-electron chi connectivity index (χ2n) is 4.91. The van der Waals surface area contributed by atoms with Gasteiger partial charge in [0.25, 0.3) is 0 Å². The summed E-state index contributed by atoms with van der Waals surface area (Å²) in [6.07, 6.45) is 0.199. The molecule has 21 heavy (non-hydrogen) atoms. The molecule has 1 aromatic rings. The van der Waals surface area contributed by atoms with Gasteiger partial charge in [0.2, 0.25) is 11.8 Å². The minimum Gasteiger partial charge on any atom is -0.497 e. The number of methoxy groups -OCH3 is 2. The SMILES string of the molecule is COc1ccc(CC(=O)N2CCNC(=O)C2C)c(OC)c1. The molecule has 1 aliphatic rings. The van der Waals surface area contributed by atoms with Gasteiger partial charge in [-0.25, -0.2) is 0 Å². The zero-order chi connectivity index (χ0) is 15.4. The van der Waals surface area contributed by atoms with Crippen molar-refractivity contribution in [2.45, 2.75) is 19.4 Å². The van der Waals surface area contributed by atoms with Crippen LogP contribution >= 0.6 is 0 Å². The first-order valence-corrected chi connectivity index (χ1v) is 6.85. The van der Waals surface area contributed by atoms with Crippen LogP contribution in [0.25, 0.3) is 0 Å². The van der Waals surface area contributed by atoms with Crippen LogP contribution < -0.4 is 14.8 Å². The van der Waals surface area contributed by atoms with Crippen LogP contribution in [0.5, 0.6) is 11.5 Å². The number of ether oxygens (including phenoxy) is 2. The van der Waals surface area contributed by atoms with Crippen LogP contribution in [0.15, 0.2) is 18.2 Å². The molecule has 1 aromatic carbocycles. The lowest BCUT2D eigenvalue weighted by molar-refractivity contribution is -0.142. The molecule has 0 aromatic heterocycles. The topological polar surface area (TPSA) is 67.9 Å². The fraction of sp³-hybridized carbons (Fsp3) is 0.467. The summed E-state index contributed by atoms with van der Waals surface area (Å²) in [5.74, 6) is 1.09. The van der Waals surface area contributed by atoms with Crippen molar-refractivity contribution in [3.8, 4) is 11.5 Å². The van der Waals surface area contributed by atoms with Gasteiger partial charge in [-0.3, -0.25) is 9.59 Å². The highest BCUT2D eigenvalue weighted by Crippen LogP contribution is 2.25. The monoisotopic (exact) mass is 292 g/mol. The normalized spacial score (nSPS) is 18.1. The number of rotatable bonds is 4. The standard InChI is InChI=1S/C15H20N2O4/c1-10-15(19)16-6-7-17(10)14(18)8-11-4-5-12(20-2)9-13(11)21-3/h4-5,9-10H,6-8H2,1-3H3,(H,16,19). The Balaban J connectivity index is 2.13. The Bertz CT molecular complexity index is 544. The first-order valence-electron chi connectivity index (χ1n) is 6.85. The fourth-order valence-corrected chi connectivity index (χ4v) is 2.39. The van der Waals surface area contributed by atoms with Crippen molar-refractivity contribution in [1.82, 2.24) is 10.2 Å². The number of carbonyl (C=O) groups excluding carboxylic acids is 2. The number of hydrogen-bond donors (Lipinski definition) is 1. The maximum absolute atomic E-state index is 12.4. The minimum absolute atomic E-state index is 0.0826. The van der Waals surface area contributed by atoms with Crippen molar-refractivity contribution in [1.29, 1.82) is 0 Å². The molecule has 6 heteroatoms. The molecular formula is C15H20N2O4. The first kappa shape index (κ1) is 15.2. The number of benzene rings is 1. The Morgan fingerprint density at radius 3 is 2.81 bits per heavy atom. The Morgan fingerprint density at radius 2 is 2.14 bits per heavy atom. The van der Waals surface area contributed by atoms with Crippen LogP contribution in [0, 0.1) is 0 Å². The molecule has 2 rings (SSSR count). The second kappa shape index (κ2) is 6.47. The summed E-state index contributed by atoms with van der Waals surface area (Å²) in [4.78, 5) is 25.6. The number of piperazine rings is 1. The van der Waals surface area contributed by atoms with E-state index in [-0.39, 0.29) is 18.2 Å². The van der Waals surface area contributed by atoms with Crippen molar-refractivity contribution >= 4 is 11.8 Å². The van der Waals surface area contributed by atoms with Gasteiger partial charge in [0.05, 0.1) is 20.6 Å². The predicted molar refractivity (Wildman–Crippen MR) is 77.4 cm³/mol. The molecule has 0 aliphatic carbocycles. The Labute approximate surface area is 124 Å². The fourth-order valence-electron chi connectivity index (χ4n) is 2.39. The van der Waals surface area contributed by atoms with E-state index in [1.165, 1.54) is 0 Å². The number of carbonyl (C=O) groups is 2. The molecule has 1 saturated heterocycles. The molecule has 2 amide bonds. The van der Waals surface area contributed by atoms with E-state index in [1.807, 2.05) is 6.07 Å². The zero-order valence-electron chi connectivity index (χ0n) is 12.5. The second-order valence-corrected chi connectivity index (χ2v) is 4.91. The van der Waals surface area contributed by atoms with Crippen LogP contribution in [0.3, 0.4) is 0 Å². The van der Waals surface area contributed by atoms with Crippen molar-refractivity contribution in [3.05, 3.63) is 23.8 Å². The highest BCUT2D eigenvalue weighted by Gasteiger charge is 2.29. The molecule has 0 radical (unpaired) electrons. The molecule has 1 fully saturated rings. The van der Waals surface area contributed by atoms with Crippen LogP contribution in [-0.2, 0) is 16.0 Å². The number of nitrogens with one attached hydrogen (secondary N) is 1. The summed E-state index contributed by atoms with van der Waals surface area (Å²) in [6, 6.07) is 4.91. The van der Waals surface area contributed by atoms with E-state index in [1.54, 1.807) is 38.2 Å². The molecule has 1 atom stereocenters. The molecule has 1 unspecified atom stereocenters. The minimum atomic E-state index is -0.435. The van der Waals surface area contributed by atoms with Crippen LogP contribution in [0.4, 0.5) is 0 Å². The van der Waals surface area contributed by atoms with E-state index in [4.69, 9.17) is 9.47 Å². The van der Waals surface area contributed by atoms with Gasteiger partial charge >= 0.3 is 0 Å². The average Bonchev–Trinajstić information content (AvgIpc) is 2.50. The highest BCUT2D eigenvalue weighted by atomic mass is 16.5. The molecule has 1 N–H and O–H groups in total. The van der Waals surface area contributed by atoms with Crippen LogP contribution in [0.1, 0.15) is 12.5 Å². The van der Waals surface area contributed by atoms with Crippen molar-refractivity contribution in [3.63, 3.8) is 0 Å². The largest absolute Gasteiger partial charge is 0.497 e. The number of amides is 2. The summed E-state index contributed by atoms with van der Waals surface area (Å²) in [5, 5.41) is 2.74. The van der Waals surface area contributed by atoms with E-state index >= 15 is 0 Å². The summed E-state index contributed by atoms with van der Waals surface area (Å²) in [7, 11) is 3.13. The maximum Gasteiger partial charge on any atom is 0.242 e. The molecule has 6 nitrogen and oxygen atoms in total. The zero-order valence-corrected chi connectivity index (χ0v) is 12.5. The highest BCUT2D eigenvalue weighted by molar-refractivity contribution is 5.89. The van der Waals surface area contributed by atoms with Gasteiger partial charge in [-0.2, -0.15) is 0 Å². The van der Waals surface area contributed by atoms with E-state index < -0.39 is 6.04 Å². The van der Waals surface area contributed by atoms with Gasteiger partial charge in [0.1, 0.15) is 17.5 Å². The van der Waals surface area contributed by atoms with Crippen LogP contribution in [0.2, 0.25) is 0 Å². The predicted octanol–water partition coefficient (Wildman–Crippen LogP) is 0.593. The average molecular weight is 292 g/mol. The van der Waals surface area contributed by atoms with Crippen LogP contribution in [-0.4, -0.2) is 50.1 Å². The maximum atomic E-state index is 12.4. The van der Waals surface area contributed by atoms with Gasteiger partial charge in [-0.1, -0.05) is 6.07 Å². The molecule has 0 bridgehead atoms. The smallest absolute Gasteiger partial charge is 0.242 e. The third-order valence-electron chi connectivity index (χ3n) is 3.66. The Kier molecular flexibility index (Phi) is 4.67. The summed E-state index contributed by atoms with van der Waals surface area (Å²) in [6.45, 7) is 2.76. The molecule has 0 saturated carbocycles. The Hall–Kier alpha value is -2.24. The third-order valence-corrected chi connectivity index (χ3v) is 3.66. The molecule has 1 aliphatic heterocycles. The molecule has 0 spiro atoms. The van der Waals surface area contributed by atoms with E-state index in [9.17, 15) is 9.59 Å². The van der Waals surface area contributed by atoms with Gasteiger partial charge in [0.15, 0.2) is 0 Å². The Morgan fingerprint density at radius 1 is 1.38 bits per heavy atom. The van der Waals surface area contributed by atoms with E-state index in [0.717, 1.165) is 5.56 Å². The number of hydrogen-bond acceptors (Lipinski definition) is 4. The summed E-state index contributed by atoms with van der Waals surface area (Å²) < 4.78 is 10.4. The summed E-state index contributed by atoms with van der Waals surface area (Å²) >= 11 is 0. The van der Waals surface area contributed by atoms with Gasteiger partial charge in [-0.05, 0) is 13.0 Å². The third kappa shape index (κ3) is 3.26. The first-order chi connectivity index (χ1) is 10.1. The lowest BCUT2D eigenvalue weighted by atomic mass is 10.1. The lowest BCUT2D eigenvalue weighted by Crippen LogP contribution is -2.56. The quantitative estimate of drug-likeness (QED) is 0.882. The van der Waals surface area contributed by atoms with Gasteiger partial charge in [-0.15, -0.1) is 0 Å². The van der Waals surface area contributed by atoms with E-state index in [2.05, 4.69) is 5.32 Å². The van der Waals surface area contributed by atoms with Crippen molar-refractivity contribution < 1.29 is 19.1 Å². The van der Waals surface area contributed by atoms with Gasteiger partial charge in [0, 0.05) is 24.7 Å². The molecular weight excluding hydrogens is 272 g/mol. The van der Waals surface area contributed by atoms with Crippen molar-refractivity contribution in [2.75, 3.05) is 27.3 Å². The molecule has 1 heterocycles. The van der Waals surface area contributed by atoms with E-state index in [0.29, 0.717) is 24.6 Å². The van der Waals surface area contributed by atoms with Crippen molar-refractivity contribution in [2.24, 2.45) is 0 Å². The lowest BCUT2D eigenvalue weighted by Gasteiger charge is -2.33. The summed E-state index contributed by atoms with van der Waals surface area (Å²) in [5.41, 5.74) is 0.779.